The number of hydrogen-bond acceptors (Lipinski definition) is 8. The molecule has 0 aromatic heterocycles. The first-order valence-electron chi connectivity index (χ1n) is 11.2. The Morgan fingerprint density at radius 3 is 2.26 bits per heavy atom. The van der Waals surface area contributed by atoms with E-state index in [1.54, 1.807) is 24.3 Å². The van der Waals surface area contributed by atoms with Gasteiger partial charge in [-0.3, -0.25) is 14.9 Å². The van der Waals surface area contributed by atoms with Crippen LogP contribution in [-0.2, 0) is 30.7 Å². The number of nitrogens with one attached hydrogen (secondary N) is 1. The molecule has 2 atom stereocenters. The number of amides is 1. The van der Waals surface area contributed by atoms with Crippen molar-refractivity contribution in [2.45, 2.75) is 61.8 Å². The molecule has 1 N–H and O–H groups in total. The molecule has 0 aliphatic rings. The first kappa shape index (κ1) is 27.8. The van der Waals surface area contributed by atoms with E-state index in [1.807, 2.05) is 13.0 Å². The molecule has 0 fully saturated rings. The van der Waals surface area contributed by atoms with Crippen molar-refractivity contribution in [2.24, 2.45) is 0 Å². The van der Waals surface area contributed by atoms with Crippen molar-refractivity contribution in [3.8, 4) is 0 Å². The fraction of sp³-hybridized carbons (Fsp3) is 0.417. The molecule has 11 heteroatoms. The number of carbonyl (C=O) groups excluding carboxylic acids is 2. The van der Waals surface area contributed by atoms with Crippen LogP contribution in [0.2, 0.25) is 0 Å². The van der Waals surface area contributed by atoms with Gasteiger partial charge in [-0.25, -0.2) is 13.2 Å². The second kappa shape index (κ2) is 13.4. The summed E-state index contributed by atoms with van der Waals surface area (Å²) in [5.74, 6) is -1.05. The van der Waals surface area contributed by atoms with Gasteiger partial charge in [0.2, 0.25) is 0 Å². The number of rotatable bonds is 13. The summed E-state index contributed by atoms with van der Waals surface area (Å²) in [6.07, 6.45) is 2.50. The van der Waals surface area contributed by atoms with Crippen molar-refractivity contribution < 1.29 is 32.4 Å². The van der Waals surface area contributed by atoms with E-state index in [0.29, 0.717) is 6.42 Å². The third-order valence-corrected chi connectivity index (χ3v) is 7.51. The van der Waals surface area contributed by atoms with Crippen LogP contribution in [-0.4, -0.2) is 43.8 Å². The number of ether oxygens (including phenoxy) is 2. The molecule has 190 valence electrons. The van der Waals surface area contributed by atoms with E-state index in [9.17, 15) is 28.1 Å². The molecular formula is C24H30N2O8S. The quantitative estimate of drug-likeness (QED) is 0.185. The summed E-state index contributed by atoms with van der Waals surface area (Å²) in [5, 5.41) is 11.7. The SMILES string of the molecule is CCCCCC[C@H](NC(=O)OCc1ccccc1)C(C(=O)OC)S(=O)(=O)c1ccc([N+](=O)[O-])cc1. The molecule has 0 heterocycles. The smallest absolute Gasteiger partial charge is 0.407 e. The Morgan fingerprint density at radius 2 is 1.69 bits per heavy atom. The highest BCUT2D eigenvalue weighted by atomic mass is 32.2. The van der Waals surface area contributed by atoms with Crippen LogP contribution >= 0.6 is 0 Å². The van der Waals surface area contributed by atoms with Gasteiger partial charge in [0.25, 0.3) is 5.69 Å². The topological polar surface area (TPSA) is 142 Å². The maximum Gasteiger partial charge on any atom is 0.407 e. The maximum absolute atomic E-state index is 13.4. The number of benzene rings is 2. The number of nitro benzene ring substituents is 1. The number of nitro groups is 1. The van der Waals surface area contributed by atoms with E-state index in [0.717, 1.165) is 56.2 Å². The number of hydrogen-bond donors (Lipinski definition) is 1. The summed E-state index contributed by atoms with van der Waals surface area (Å²) >= 11 is 0. The van der Waals surface area contributed by atoms with Gasteiger partial charge >= 0.3 is 12.1 Å². The Morgan fingerprint density at radius 1 is 1.03 bits per heavy atom. The first-order chi connectivity index (χ1) is 16.7. The van der Waals surface area contributed by atoms with Crippen molar-refractivity contribution in [1.82, 2.24) is 5.32 Å². The summed E-state index contributed by atoms with van der Waals surface area (Å²) in [5.41, 5.74) is 0.447. The highest BCUT2D eigenvalue weighted by Crippen LogP contribution is 2.25. The minimum Gasteiger partial charge on any atom is -0.468 e. The number of esters is 1. The lowest BCUT2D eigenvalue weighted by atomic mass is 10.0. The second-order valence-corrected chi connectivity index (χ2v) is 9.97. The first-order valence-corrected chi connectivity index (χ1v) is 12.8. The van der Waals surface area contributed by atoms with Gasteiger partial charge in [-0.2, -0.15) is 0 Å². The predicted octanol–water partition coefficient (Wildman–Crippen LogP) is 4.18. The Kier molecular flexibility index (Phi) is 10.7. The number of nitrogens with zero attached hydrogens (tertiary/aromatic N) is 1. The summed E-state index contributed by atoms with van der Waals surface area (Å²) in [6, 6.07) is 12.0. The van der Waals surface area contributed by atoms with Gasteiger partial charge in [-0.15, -0.1) is 0 Å². The molecule has 35 heavy (non-hydrogen) atoms. The standard InChI is InChI=1S/C24H30N2O8S/c1-3-4-5-9-12-21(25-24(28)34-17-18-10-7-6-8-11-18)22(23(27)33-2)35(31,32)20-15-13-19(14-16-20)26(29)30/h6-8,10-11,13-16,21-22H,3-5,9,12,17H2,1-2H3,(H,25,28)/t21-,22?/m0/s1. The Labute approximate surface area is 204 Å². The summed E-state index contributed by atoms with van der Waals surface area (Å²) in [4.78, 5) is 35.2. The third kappa shape index (κ3) is 8.06. The molecule has 2 aromatic rings. The number of methoxy groups -OCH3 is 1. The fourth-order valence-corrected chi connectivity index (χ4v) is 5.33. The van der Waals surface area contributed by atoms with E-state index in [-0.39, 0.29) is 23.6 Å². The minimum atomic E-state index is -4.38. The lowest BCUT2D eigenvalue weighted by Crippen LogP contribution is -2.51. The van der Waals surface area contributed by atoms with Crippen LogP contribution in [0.15, 0.2) is 59.5 Å². The van der Waals surface area contributed by atoms with Crippen LogP contribution < -0.4 is 5.32 Å². The number of carbonyl (C=O) groups is 2. The Balaban J connectivity index is 2.31. The fourth-order valence-electron chi connectivity index (χ4n) is 3.53. The van der Waals surface area contributed by atoms with Crippen LogP contribution in [0.1, 0.15) is 44.6 Å². The molecule has 10 nitrogen and oxygen atoms in total. The summed E-state index contributed by atoms with van der Waals surface area (Å²) < 4.78 is 36.9. The zero-order chi connectivity index (χ0) is 25.8. The second-order valence-electron chi connectivity index (χ2n) is 7.90. The summed E-state index contributed by atoms with van der Waals surface area (Å²) in [7, 11) is -3.32. The van der Waals surface area contributed by atoms with E-state index in [4.69, 9.17) is 9.47 Å². The number of unbranched alkanes of at least 4 members (excludes halogenated alkanes) is 3. The molecule has 0 aliphatic carbocycles. The monoisotopic (exact) mass is 506 g/mol. The molecule has 0 saturated heterocycles. The van der Waals surface area contributed by atoms with Crippen molar-refractivity contribution in [3.05, 3.63) is 70.3 Å². The van der Waals surface area contributed by atoms with Gasteiger partial charge in [-0.1, -0.05) is 62.9 Å². The van der Waals surface area contributed by atoms with Gasteiger partial charge in [0.1, 0.15) is 6.61 Å². The van der Waals surface area contributed by atoms with Crippen LogP contribution in [0.3, 0.4) is 0 Å². The molecule has 1 unspecified atom stereocenters. The average molecular weight is 507 g/mol. The highest BCUT2D eigenvalue weighted by Gasteiger charge is 2.42. The molecule has 2 aromatic carbocycles. The van der Waals surface area contributed by atoms with Gasteiger partial charge in [0.05, 0.1) is 23.0 Å². The van der Waals surface area contributed by atoms with Crippen LogP contribution in [0.25, 0.3) is 0 Å². The minimum absolute atomic E-state index is 0.0345. The van der Waals surface area contributed by atoms with Crippen LogP contribution in [0, 0.1) is 10.1 Å². The van der Waals surface area contributed by atoms with E-state index < -0.39 is 38.1 Å². The maximum atomic E-state index is 13.4. The number of sulfone groups is 1. The molecule has 1 amide bonds. The molecule has 0 bridgehead atoms. The highest BCUT2D eigenvalue weighted by molar-refractivity contribution is 7.92. The lowest BCUT2D eigenvalue weighted by molar-refractivity contribution is -0.384. The molecular weight excluding hydrogens is 476 g/mol. The zero-order valence-corrected chi connectivity index (χ0v) is 20.5. The zero-order valence-electron chi connectivity index (χ0n) is 19.7. The lowest BCUT2D eigenvalue weighted by Gasteiger charge is -2.26. The predicted molar refractivity (Wildman–Crippen MR) is 128 cm³/mol. The number of non-ortho nitro benzene ring substituents is 1. The Bertz CT molecular complexity index is 1090. The van der Waals surface area contributed by atoms with Gasteiger partial charge < -0.3 is 14.8 Å². The van der Waals surface area contributed by atoms with Gasteiger partial charge in [-0.05, 0) is 24.1 Å². The number of alkyl carbamates (subject to hydrolysis) is 1. The average Bonchev–Trinajstić information content (AvgIpc) is 2.85. The summed E-state index contributed by atoms with van der Waals surface area (Å²) in [6.45, 7) is 1.99. The molecule has 0 aliphatic heterocycles. The van der Waals surface area contributed by atoms with Crippen LogP contribution in [0.5, 0.6) is 0 Å². The van der Waals surface area contributed by atoms with Crippen molar-refractivity contribution in [1.29, 1.82) is 0 Å². The van der Waals surface area contributed by atoms with Crippen molar-refractivity contribution in [3.63, 3.8) is 0 Å². The molecule has 0 spiro atoms. The third-order valence-electron chi connectivity index (χ3n) is 5.39. The van der Waals surface area contributed by atoms with Crippen LogP contribution in [0.4, 0.5) is 10.5 Å². The molecule has 0 saturated carbocycles. The van der Waals surface area contributed by atoms with Crippen molar-refractivity contribution >= 4 is 27.6 Å². The van der Waals surface area contributed by atoms with Crippen molar-refractivity contribution in [2.75, 3.05) is 7.11 Å². The van der Waals surface area contributed by atoms with Gasteiger partial charge in [0.15, 0.2) is 15.1 Å². The van der Waals surface area contributed by atoms with E-state index in [1.165, 1.54) is 0 Å². The molecule has 0 radical (unpaired) electrons. The largest absolute Gasteiger partial charge is 0.468 e. The Hall–Kier alpha value is -3.47. The van der Waals surface area contributed by atoms with Gasteiger partial charge in [0, 0.05) is 12.1 Å². The normalized spacial score (nSPS) is 12.9. The van der Waals surface area contributed by atoms with E-state index >= 15 is 0 Å². The molecule has 2 rings (SSSR count). The van der Waals surface area contributed by atoms with E-state index in [2.05, 4.69) is 5.32 Å².